The minimum absolute atomic E-state index is 0.145. The summed E-state index contributed by atoms with van der Waals surface area (Å²) >= 11 is 0. The molecule has 28 heavy (non-hydrogen) atoms. The Morgan fingerprint density at radius 3 is 2.57 bits per heavy atom. The molecule has 0 spiro atoms. The predicted molar refractivity (Wildman–Crippen MR) is 104 cm³/mol. The molecule has 0 aromatic heterocycles. The van der Waals surface area contributed by atoms with Gasteiger partial charge in [-0.15, -0.1) is 0 Å². The van der Waals surface area contributed by atoms with Gasteiger partial charge in [-0.3, -0.25) is 9.59 Å². The molecule has 4 rings (SSSR count). The van der Waals surface area contributed by atoms with E-state index < -0.39 is 17.0 Å². The second-order valence-electron chi connectivity index (χ2n) is 10.2. The number of esters is 1. The van der Waals surface area contributed by atoms with Crippen molar-refractivity contribution in [3.63, 3.8) is 0 Å². The Kier molecular flexibility index (Phi) is 4.78. The number of hydrogen-bond acceptors (Lipinski definition) is 5. The molecule has 5 heteroatoms. The maximum atomic E-state index is 12.9. The highest BCUT2D eigenvalue weighted by Gasteiger charge is 2.66. The Morgan fingerprint density at radius 1 is 1.14 bits per heavy atom. The SMILES string of the molecule is CC(=O)OCC(=O)[C@@]1(O)CC[C@@H]2[C@@H]3CC=C4C[C@H](O)CC[C@]4(C)[C@@H]3CC[C@@]21C. The quantitative estimate of drug-likeness (QED) is 0.571. The molecule has 0 bridgehead atoms. The highest BCUT2D eigenvalue weighted by atomic mass is 16.5. The molecule has 0 amide bonds. The van der Waals surface area contributed by atoms with Crippen molar-refractivity contribution in [3.8, 4) is 0 Å². The van der Waals surface area contributed by atoms with E-state index in [4.69, 9.17) is 4.74 Å². The summed E-state index contributed by atoms with van der Waals surface area (Å²) in [6.45, 7) is 5.41. The van der Waals surface area contributed by atoms with Crippen LogP contribution >= 0.6 is 0 Å². The summed E-state index contributed by atoms with van der Waals surface area (Å²) in [5.41, 5.74) is -0.283. The van der Waals surface area contributed by atoms with Crippen molar-refractivity contribution in [3.05, 3.63) is 11.6 Å². The van der Waals surface area contributed by atoms with Gasteiger partial charge in [0.15, 0.2) is 6.61 Å². The number of hydrogen-bond donors (Lipinski definition) is 2. The molecule has 2 N–H and O–H groups in total. The van der Waals surface area contributed by atoms with E-state index in [9.17, 15) is 19.8 Å². The third-order valence-corrected chi connectivity index (χ3v) is 9.10. The zero-order valence-electron chi connectivity index (χ0n) is 17.4. The Bertz CT molecular complexity index is 714. The normalized spacial score (nSPS) is 47.4. The summed E-state index contributed by atoms with van der Waals surface area (Å²) in [7, 11) is 0. The molecule has 156 valence electrons. The van der Waals surface area contributed by atoms with Gasteiger partial charge in [0.2, 0.25) is 5.78 Å². The number of aliphatic hydroxyl groups is 2. The lowest BCUT2D eigenvalue weighted by Gasteiger charge is -2.58. The Hall–Kier alpha value is -1.20. The van der Waals surface area contributed by atoms with E-state index in [2.05, 4.69) is 19.9 Å². The van der Waals surface area contributed by atoms with Crippen molar-refractivity contribution in [1.82, 2.24) is 0 Å². The average molecular weight is 391 g/mol. The molecule has 0 heterocycles. The maximum absolute atomic E-state index is 12.9. The van der Waals surface area contributed by atoms with Gasteiger partial charge in [0.25, 0.3) is 0 Å². The molecule has 0 aliphatic heterocycles. The number of fused-ring (bicyclic) bond motifs is 5. The smallest absolute Gasteiger partial charge is 0.303 e. The molecule has 4 aliphatic rings. The highest BCUT2D eigenvalue weighted by molar-refractivity contribution is 5.90. The molecule has 4 aliphatic carbocycles. The van der Waals surface area contributed by atoms with Crippen LogP contribution in [0.4, 0.5) is 0 Å². The number of rotatable bonds is 3. The van der Waals surface area contributed by atoms with Crippen LogP contribution in [-0.4, -0.2) is 40.3 Å². The molecular formula is C23H34O5. The molecule has 7 atom stereocenters. The lowest BCUT2D eigenvalue weighted by molar-refractivity contribution is -0.168. The van der Waals surface area contributed by atoms with E-state index in [1.54, 1.807) is 0 Å². The predicted octanol–water partition coefficient (Wildman–Crippen LogP) is 3.17. The number of allylic oxidation sites excluding steroid dienone is 1. The molecule has 3 fully saturated rings. The largest absolute Gasteiger partial charge is 0.458 e. The van der Waals surface area contributed by atoms with Crippen LogP contribution in [0.5, 0.6) is 0 Å². The second kappa shape index (κ2) is 6.66. The minimum Gasteiger partial charge on any atom is -0.458 e. The average Bonchev–Trinajstić information content (AvgIpc) is 2.92. The van der Waals surface area contributed by atoms with E-state index in [1.807, 2.05) is 0 Å². The number of Topliss-reactive ketones (excluding diaryl/α,β-unsaturated/α-hetero) is 1. The first-order valence-corrected chi connectivity index (χ1v) is 10.9. The monoisotopic (exact) mass is 390 g/mol. The van der Waals surface area contributed by atoms with Crippen LogP contribution in [0, 0.1) is 28.6 Å². The third kappa shape index (κ3) is 2.72. The number of ketones is 1. The molecule has 0 unspecified atom stereocenters. The zero-order valence-corrected chi connectivity index (χ0v) is 17.4. The second-order valence-corrected chi connectivity index (χ2v) is 10.2. The summed E-state index contributed by atoms with van der Waals surface area (Å²) < 4.78 is 4.93. The van der Waals surface area contributed by atoms with Gasteiger partial charge in [0, 0.05) is 12.3 Å². The first kappa shape index (κ1) is 20.1. The van der Waals surface area contributed by atoms with Crippen LogP contribution in [0.25, 0.3) is 0 Å². The van der Waals surface area contributed by atoms with Gasteiger partial charge in [-0.25, -0.2) is 0 Å². The van der Waals surface area contributed by atoms with Crippen LogP contribution in [0.2, 0.25) is 0 Å². The van der Waals surface area contributed by atoms with E-state index in [1.165, 1.54) is 12.5 Å². The van der Waals surface area contributed by atoms with Crippen LogP contribution in [0.15, 0.2) is 11.6 Å². The van der Waals surface area contributed by atoms with Crippen LogP contribution in [0.1, 0.15) is 72.1 Å². The van der Waals surface area contributed by atoms with Gasteiger partial charge >= 0.3 is 5.97 Å². The zero-order chi connectivity index (χ0) is 20.3. The van der Waals surface area contributed by atoms with E-state index in [0.29, 0.717) is 24.2 Å². The van der Waals surface area contributed by atoms with Gasteiger partial charge < -0.3 is 14.9 Å². The van der Waals surface area contributed by atoms with Crippen molar-refractivity contribution in [1.29, 1.82) is 0 Å². The molecule has 5 nitrogen and oxygen atoms in total. The highest BCUT2D eigenvalue weighted by Crippen LogP contribution is 2.67. The molecule has 0 saturated heterocycles. The van der Waals surface area contributed by atoms with E-state index in [0.717, 1.165) is 44.9 Å². The van der Waals surface area contributed by atoms with Gasteiger partial charge in [0.1, 0.15) is 5.60 Å². The number of carbonyl (C=O) groups is 2. The maximum Gasteiger partial charge on any atom is 0.303 e. The Morgan fingerprint density at radius 2 is 1.86 bits per heavy atom. The van der Waals surface area contributed by atoms with Crippen LogP contribution in [-0.2, 0) is 14.3 Å². The topological polar surface area (TPSA) is 83.8 Å². The fraction of sp³-hybridized carbons (Fsp3) is 0.826. The van der Waals surface area contributed by atoms with Gasteiger partial charge in [-0.1, -0.05) is 25.5 Å². The number of ether oxygens (including phenoxy) is 1. The van der Waals surface area contributed by atoms with Crippen molar-refractivity contribution >= 4 is 11.8 Å². The molecule has 0 aromatic rings. The lowest BCUT2D eigenvalue weighted by Crippen LogP contribution is -2.58. The summed E-state index contributed by atoms with van der Waals surface area (Å²) in [6.07, 6.45) is 8.96. The Balaban J connectivity index is 1.60. The summed E-state index contributed by atoms with van der Waals surface area (Å²) in [5.74, 6) is 0.504. The first-order valence-electron chi connectivity index (χ1n) is 10.9. The van der Waals surface area contributed by atoms with E-state index in [-0.39, 0.29) is 23.9 Å². The van der Waals surface area contributed by atoms with E-state index >= 15 is 0 Å². The fourth-order valence-electron chi connectivity index (χ4n) is 7.40. The van der Waals surface area contributed by atoms with Crippen molar-refractivity contribution < 1.29 is 24.5 Å². The van der Waals surface area contributed by atoms with Crippen molar-refractivity contribution in [2.75, 3.05) is 6.61 Å². The first-order chi connectivity index (χ1) is 13.1. The van der Waals surface area contributed by atoms with Crippen LogP contribution < -0.4 is 0 Å². The van der Waals surface area contributed by atoms with Crippen molar-refractivity contribution in [2.45, 2.75) is 83.8 Å². The standard InChI is InChI=1S/C23H34O5/c1-14(24)28-13-20(26)23(27)11-8-19-17-5-4-15-12-16(25)6-9-21(15,2)18(17)7-10-22(19,23)3/h4,16-19,25,27H,5-13H2,1-3H3/t16-,17-,18-,19-,21+,22+,23+/m1/s1. The summed E-state index contributed by atoms with van der Waals surface area (Å²) in [4.78, 5) is 24.0. The third-order valence-electron chi connectivity index (χ3n) is 9.10. The summed E-state index contributed by atoms with van der Waals surface area (Å²) in [6, 6.07) is 0. The fourth-order valence-corrected chi connectivity index (χ4v) is 7.40. The number of aliphatic hydroxyl groups excluding tert-OH is 1. The molecule has 0 radical (unpaired) electrons. The van der Waals surface area contributed by atoms with Gasteiger partial charge in [-0.05, 0) is 74.5 Å². The molecule has 0 aromatic carbocycles. The Labute approximate surface area is 167 Å². The lowest BCUT2D eigenvalue weighted by atomic mass is 9.46. The molecule has 3 saturated carbocycles. The van der Waals surface area contributed by atoms with Gasteiger partial charge in [-0.2, -0.15) is 0 Å². The van der Waals surface area contributed by atoms with Crippen molar-refractivity contribution in [2.24, 2.45) is 28.6 Å². The molecular weight excluding hydrogens is 356 g/mol. The minimum atomic E-state index is -1.40. The van der Waals surface area contributed by atoms with Gasteiger partial charge in [0.05, 0.1) is 6.10 Å². The number of carbonyl (C=O) groups excluding carboxylic acids is 2. The summed E-state index contributed by atoms with van der Waals surface area (Å²) in [5, 5.41) is 21.6. The van der Waals surface area contributed by atoms with Crippen LogP contribution in [0.3, 0.4) is 0 Å².